The van der Waals surface area contributed by atoms with Crippen LogP contribution in [0.1, 0.15) is 24.7 Å². The standard InChI is InChI=1S/C23H23N9O2/c1-12-24-8-14(9-25-12)20-29-18-17(27-11-28-21(18)32(20)3)13-6-16-19(26-7-13)30-22(33)23(16,2)31-15-4-5-34-10-15/h6-9,11,15,31H,4-5,10H2,1-3H3,(H,26,30,33)/t15-,23-/m0/s1. The summed E-state index contributed by atoms with van der Waals surface area (Å²) in [5.74, 6) is 1.80. The zero-order chi connectivity index (χ0) is 23.4. The number of aromatic nitrogens is 7. The maximum absolute atomic E-state index is 12.9. The van der Waals surface area contributed by atoms with Gasteiger partial charge < -0.3 is 14.6 Å². The Morgan fingerprint density at radius 3 is 2.71 bits per heavy atom. The summed E-state index contributed by atoms with van der Waals surface area (Å²) in [7, 11) is 1.90. The third kappa shape index (κ3) is 3.16. The minimum absolute atomic E-state index is 0.103. The van der Waals surface area contributed by atoms with E-state index in [1.54, 1.807) is 18.6 Å². The average Bonchev–Trinajstić information content (AvgIpc) is 3.53. The lowest BCUT2D eigenvalue weighted by Crippen LogP contribution is -2.50. The molecule has 34 heavy (non-hydrogen) atoms. The van der Waals surface area contributed by atoms with Crippen molar-refractivity contribution in [2.24, 2.45) is 7.05 Å². The van der Waals surface area contributed by atoms with E-state index in [1.165, 1.54) is 6.33 Å². The number of hydrogen-bond donors (Lipinski definition) is 2. The summed E-state index contributed by atoms with van der Waals surface area (Å²) < 4.78 is 7.38. The van der Waals surface area contributed by atoms with Gasteiger partial charge >= 0.3 is 0 Å². The number of anilines is 1. The molecular weight excluding hydrogens is 434 g/mol. The fraction of sp³-hybridized carbons (Fsp3) is 0.348. The van der Waals surface area contributed by atoms with Gasteiger partial charge in [0.15, 0.2) is 5.65 Å². The number of aryl methyl sites for hydroxylation is 2. The first kappa shape index (κ1) is 20.8. The van der Waals surface area contributed by atoms with Crippen molar-refractivity contribution in [3.05, 3.63) is 42.4 Å². The molecule has 0 saturated carbocycles. The summed E-state index contributed by atoms with van der Waals surface area (Å²) in [5, 5.41) is 6.37. The van der Waals surface area contributed by atoms with E-state index < -0.39 is 5.54 Å². The van der Waals surface area contributed by atoms with Crippen LogP contribution in [0.5, 0.6) is 0 Å². The van der Waals surface area contributed by atoms with Gasteiger partial charge in [-0.25, -0.2) is 29.9 Å². The molecule has 0 radical (unpaired) electrons. The number of fused-ring (bicyclic) bond motifs is 2. The Morgan fingerprint density at radius 2 is 1.94 bits per heavy atom. The molecule has 11 heteroatoms. The first-order chi connectivity index (χ1) is 16.4. The second kappa shape index (κ2) is 7.61. The fourth-order valence-corrected chi connectivity index (χ4v) is 4.61. The SMILES string of the molecule is Cc1ncc(-c2nc3c(-c4cnc5c(c4)[C@](C)(N[C@H]4CCOC4)C(=O)N5)ncnc3n2C)cn1. The highest BCUT2D eigenvalue weighted by Gasteiger charge is 2.45. The lowest BCUT2D eigenvalue weighted by molar-refractivity contribution is -0.121. The van der Waals surface area contributed by atoms with Crippen molar-refractivity contribution in [3.63, 3.8) is 0 Å². The van der Waals surface area contributed by atoms with Crippen LogP contribution in [0.15, 0.2) is 31.0 Å². The lowest BCUT2D eigenvalue weighted by atomic mass is 9.92. The summed E-state index contributed by atoms with van der Waals surface area (Å²) in [6.07, 6.45) is 7.56. The highest BCUT2D eigenvalue weighted by molar-refractivity contribution is 6.05. The normalized spacial score (nSPS) is 21.7. The van der Waals surface area contributed by atoms with Gasteiger partial charge in [-0.2, -0.15) is 0 Å². The number of carbonyl (C=O) groups excluding carboxylic acids is 1. The number of pyridine rings is 1. The van der Waals surface area contributed by atoms with Crippen LogP contribution < -0.4 is 10.6 Å². The van der Waals surface area contributed by atoms with Crippen LogP contribution in [-0.4, -0.2) is 59.6 Å². The molecule has 1 fully saturated rings. The highest BCUT2D eigenvalue weighted by Crippen LogP contribution is 2.38. The van der Waals surface area contributed by atoms with E-state index in [0.29, 0.717) is 47.5 Å². The molecule has 1 amide bonds. The quantitative estimate of drug-likeness (QED) is 0.470. The van der Waals surface area contributed by atoms with Gasteiger partial charge in [0.2, 0.25) is 5.91 Å². The summed E-state index contributed by atoms with van der Waals surface area (Å²) in [6, 6.07) is 2.06. The van der Waals surface area contributed by atoms with Crippen LogP contribution in [-0.2, 0) is 22.1 Å². The Hall–Kier alpha value is -3.83. The van der Waals surface area contributed by atoms with E-state index >= 15 is 0 Å². The van der Waals surface area contributed by atoms with Crippen molar-refractivity contribution in [3.8, 4) is 22.6 Å². The molecule has 0 aliphatic carbocycles. The molecule has 0 unspecified atom stereocenters. The summed E-state index contributed by atoms with van der Waals surface area (Å²) in [4.78, 5) is 39.8. The van der Waals surface area contributed by atoms with E-state index in [2.05, 4.69) is 35.6 Å². The van der Waals surface area contributed by atoms with Crippen molar-refractivity contribution >= 4 is 22.9 Å². The number of imidazole rings is 1. The Balaban J connectivity index is 1.45. The zero-order valence-electron chi connectivity index (χ0n) is 19.0. The molecule has 0 bridgehead atoms. The number of nitrogens with zero attached hydrogens (tertiary/aromatic N) is 7. The maximum atomic E-state index is 12.9. The predicted molar refractivity (Wildman–Crippen MR) is 124 cm³/mol. The summed E-state index contributed by atoms with van der Waals surface area (Å²) >= 11 is 0. The monoisotopic (exact) mass is 457 g/mol. The number of rotatable bonds is 4. The summed E-state index contributed by atoms with van der Waals surface area (Å²) in [5.41, 5.74) is 3.35. The van der Waals surface area contributed by atoms with Gasteiger partial charge in [0.1, 0.15) is 40.5 Å². The molecule has 1 saturated heterocycles. The molecule has 6 heterocycles. The number of amides is 1. The zero-order valence-corrected chi connectivity index (χ0v) is 19.0. The second-order valence-corrected chi connectivity index (χ2v) is 8.81. The van der Waals surface area contributed by atoms with Crippen LogP contribution >= 0.6 is 0 Å². The average molecular weight is 457 g/mol. The van der Waals surface area contributed by atoms with Crippen molar-refractivity contribution in [1.82, 2.24) is 39.8 Å². The molecule has 11 nitrogen and oxygen atoms in total. The van der Waals surface area contributed by atoms with Crippen LogP contribution in [0.3, 0.4) is 0 Å². The van der Waals surface area contributed by atoms with Gasteiger partial charge in [0.05, 0.1) is 12.2 Å². The van der Waals surface area contributed by atoms with Crippen LogP contribution in [0.25, 0.3) is 33.8 Å². The third-order valence-corrected chi connectivity index (χ3v) is 6.50. The van der Waals surface area contributed by atoms with Gasteiger partial charge in [0.25, 0.3) is 0 Å². The number of nitrogens with one attached hydrogen (secondary N) is 2. The fourth-order valence-electron chi connectivity index (χ4n) is 4.61. The second-order valence-electron chi connectivity index (χ2n) is 8.81. The molecule has 2 N–H and O–H groups in total. The molecule has 6 rings (SSSR count). The van der Waals surface area contributed by atoms with Gasteiger partial charge in [0, 0.05) is 49.4 Å². The van der Waals surface area contributed by atoms with Gasteiger partial charge in [-0.15, -0.1) is 0 Å². The molecule has 2 atom stereocenters. The van der Waals surface area contributed by atoms with Gasteiger partial charge in [-0.1, -0.05) is 0 Å². The molecule has 4 aromatic heterocycles. The van der Waals surface area contributed by atoms with Gasteiger partial charge in [-0.3, -0.25) is 10.1 Å². The summed E-state index contributed by atoms with van der Waals surface area (Å²) in [6.45, 7) is 4.99. The minimum Gasteiger partial charge on any atom is -0.380 e. The molecule has 2 aliphatic heterocycles. The van der Waals surface area contributed by atoms with E-state index in [0.717, 1.165) is 23.1 Å². The van der Waals surface area contributed by atoms with Crippen molar-refractivity contribution in [2.75, 3.05) is 18.5 Å². The highest BCUT2D eigenvalue weighted by atomic mass is 16.5. The van der Waals surface area contributed by atoms with E-state index in [-0.39, 0.29) is 11.9 Å². The molecule has 2 aliphatic rings. The van der Waals surface area contributed by atoms with Crippen LogP contribution in [0.4, 0.5) is 5.82 Å². The number of hydrogen-bond acceptors (Lipinski definition) is 9. The maximum Gasteiger partial charge on any atom is 0.250 e. The first-order valence-electron chi connectivity index (χ1n) is 11.1. The topological polar surface area (TPSA) is 133 Å². The van der Waals surface area contributed by atoms with Gasteiger partial charge in [-0.05, 0) is 26.3 Å². The number of ether oxygens (including phenoxy) is 1. The molecule has 172 valence electrons. The van der Waals surface area contributed by atoms with Crippen LogP contribution in [0.2, 0.25) is 0 Å². The largest absolute Gasteiger partial charge is 0.380 e. The molecule has 4 aromatic rings. The molecule has 0 aromatic carbocycles. The van der Waals surface area contributed by atoms with Crippen LogP contribution in [0, 0.1) is 6.92 Å². The Labute approximate surface area is 195 Å². The van der Waals surface area contributed by atoms with E-state index in [4.69, 9.17) is 9.72 Å². The van der Waals surface area contributed by atoms with Crippen molar-refractivity contribution in [2.45, 2.75) is 31.8 Å². The first-order valence-corrected chi connectivity index (χ1v) is 11.1. The Morgan fingerprint density at radius 1 is 1.15 bits per heavy atom. The Bertz CT molecular complexity index is 1430. The molecular formula is C23H23N9O2. The van der Waals surface area contributed by atoms with Crippen molar-refractivity contribution in [1.29, 1.82) is 0 Å². The minimum atomic E-state index is -0.919. The van der Waals surface area contributed by atoms with E-state index in [1.807, 2.05) is 31.5 Å². The smallest absolute Gasteiger partial charge is 0.250 e. The molecule has 0 spiro atoms. The third-order valence-electron chi connectivity index (χ3n) is 6.50. The van der Waals surface area contributed by atoms with E-state index in [9.17, 15) is 4.79 Å². The van der Waals surface area contributed by atoms with Crippen molar-refractivity contribution < 1.29 is 9.53 Å². The lowest BCUT2D eigenvalue weighted by Gasteiger charge is -2.27. The Kier molecular flexibility index (Phi) is 4.64. The number of carbonyl (C=O) groups is 1. The predicted octanol–water partition coefficient (Wildman–Crippen LogP) is 1.74.